The maximum absolute atomic E-state index is 11.6. The summed E-state index contributed by atoms with van der Waals surface area (Å²) in [5, 5.41) is 14.0. The topological polar surface area (TPSA) is 81.5 Å². The van der Waals surface area contributed by atoms with Crippen LogP contribution in [0.3, 0.4) is 0 Å². The maximum Gasteiger partial charge on any atom is 0.411 e. The van der Waals surface area contributed by atoms with Crippen molar-refractivity contribution in [3.05, 3.63) is 45.8 Å². The van der Waals surface area contributed by atoms with Crippen molar-refractivity contribution in [2.45, 2.75) is 11.8 Å². The van der Waals surface area contributed by atoms with Gasteiger partial charge in [-0.2, -0.15) is 0 Å². The Kier molecular flexibility index (Phi) is 4.06. The fourth-order valence-corrected chi connectivity index (χ4v) is 2.64. The highest BCUT2D eigenvalue weighted by Crippen LogP contribution is 2.35. The van der Waals surface area contributed by atoms with Crippen LogP contribution in [0.15, 0.2) is 40.6 Å². The molecule has 0 unspecified atom stereocenters. The SMILES string of the molecule is CCOC(=O)/C(=C1\CSc2ccccc2N1)[N+](=O)[O-]. The molecule has 100 valence electrons. The van der Waals surface area contributed by atoms with E-state index in [0.717, 1.165) is 10.6 Å². The molecular weight excluding hydrogens is 268 g/mol. The number of nitrogens with one attached hydrogen (secondary N) is 1. The number of hydrogen-bond donors (Lipinski definition) is 1. The monoisotopic (exact) mass is 280 g/mol. The summed E-state index contributed by atoms with van der Waals surface area (Å²) in [6, 6.07) is 7.44. The minimum Gasteiger partial charge on any atom is -0.458 e. The van der Waals surface area contributed by atoms with Gasteiger partial charge in [-0.05, 0) is 19.1 Å². The van der Waals surface area contributed by atoms with Crippen molar-refractivity contribution in [2.75, 3.05) is 17.7 Å². The van der Waals surface area contributed by atoms with Gasteiger partial charge in [0.1, 0.15) is 5.70 Å². The van der Waals surface area contributed by atoms with Gasteiger partial charge in [-0.15, -0.1) is 11.8 Å². The highest BCUT2D eigenvalue weighted by Gasteiger charge is 2.31. The van der Waals surface area contributed by atoms with E-state index in [4.69, 9.17) is 4.74 Å². The number of esters is 1. The summed E-state index contributed by atoms with van der Waals surface area (Å²) >= 11 is 1.45. The Bertz CT molecular complexity index is 556. The molecule has 0 aliphatic carbocycles. The second kappa shape index (κ2) is 5.75. The van der Waals surface area contributed by atoms with Crippen LogP contribution in [0.25, 0.3) is 0 Å². The molecule has 0 radical (unpaired) electrons. The fourth-order valence-electron chi connectivity index (χ4n) is 1.68. The van der Waals surface area contributed by atoms with Crippen molar-refractivity contribution in [2.24, 2.45) is 0 Å². The average Bonchev–Trinajstić information content (AvgIpc) is 2.38. The molecule has 7 heteroatoms. The van der Waals surface area contributed by atoms with Crippen molar-refractivity contribution in [3.63, 3.8) is 0 Å². The summed E-state index contributed by atoms with van der Waals surface area (Å²) in [5.74, 6) is -0.568. The number of benzene rings is 1. The molecule has 6 nitrogen and oxygen atoms in total. The molecule has 1 heterocycles. The first-order chi connectivity index (χ1) is 9.13. The number of anilines is 1. The minimum atomic E-state index is -0.907. The Labute approximate surface area is 114 Å². The molecule has 2 rings (SSSR count). The lowest BCUT2D eigenvalue weighted by atomic mass is 10.2. The van der Waals surface area contributed by atoms with Crippen LogP contribution in [-0.2, 0) is 9.53 Å². The molecule has 19 heavy (non-hydrogen) atoms. The van der Waals surface area contributed by atoms with Gasteiger partial charge >= 0.3 is 11.7 Å². The molecule has 1 aliphatic rings. The molecule has 0 bridgehead atoms. The fraction of sp³-hybridized carbons (Fsp3) is 0.250. The Morgan fingerprint density at radius 2 is 2.26 bits per heavy atom. The summed E-state index contributed by atoms with van der Waals surface area (Å²) in [4.78, 5) is 22.9. The van der Waals surface area contributed by atoms with Gasteiger partial charge in [0.05, 0.1) is 17.2 Å². The molecule has 0 saturated carbocycles. The lowest BCUT2D eigenvalue weighted by Crippen LogP contribution is -2.22. The summed E-state index contributed by atoms with van der Waals surface area (Å²) in [5.41, 5.74) is 0.508. The normalized spacial score (nSPS) is 16.1. The van der Waals surface area contributed by atoms with E-state index in [2.05, 4.69) is 5.32 Å². The summed E-state index contributed by atoms with van der Waals surface area (Å²) in [7, 11) is 0. The highest BCUT2D eigenvalue weighted by molar-refractivity contribution is 7.99. The number of carbonyl (C=O) groups is 1. The van der Waals surface area contributed by atoms with Crippen molar-refractivity contribution in [1.82, 2.24) is 0 Å². The van der Waals surface area contributed by atoms with Crippen LogP contribution >= 0.6 is 11.8 Å². The lowest BCUT2D eigenvalue weighted by Gasteiger charge is -2.19. The van der Waals surface area contributed by atoms with E-state index >= 15 is 0 Å². The number of ether oxygens (including phenoxy) is 1. The van der Waals surface area contributed by atoms with E-state index in [1.54, 1.807) is 6.92 Å². The van der Waals surface area contributed by atoms with Gasteiger partial charge in [-0.1, -0.05) is 12.1 Å². The van der Waals surface area contributed by atoms with Crippen LogP contribution in [0.1, 0.15) is 6.92 Å². The first-order valence-corrected chi connectivity index (χ1v) is 6.65. The van der Waals surface area contributed by atoms with Gasteiger partial charge in [-0.3, -0.25) is 10.1 Å². The van der Waals surface area contributed by atoms with Gasteiger partial charge in [0.25, 0.3) is 0 Å². The van der Waals surface area contributed by atoms with Gasteiger partial charge in [0, 0.05) is 10.6 Å². The van der Waals surface area contributed by atoms with Crippen LogP contribution in [0.4, 0.5) is 5.69 Å². The molecule has 1 aliphatic heterocycles. The van der Waals surface area contributed by atoms with Crippen molar-refractivity contribution >= 4 is 23.4 Å². The molecule has 1 N–H and O–H groups in total. The standard InChI is InChI=1S/C12H12N2O4S/c1-2-18-12(15)11(14(16)17)9-7-19-10-6-4-3-5-8(10)13-9/h3-6,13H,2,7H2,1H3/b11-9-. The second-order valence-electron chi connectivity index (χ2n) is 3.71. The zero-order valence-corrected chi connectivity index (χ0v) is 11.0. The van der Waals surface area contributed by atoms with Crippen LogP contribution < -0.4 is 5.32 Å². The van der Waals surface area contributed by atoms with E-state index < -0.39 is 16.6 Å². The zero-order valence-electron chi connectivity index (χ0n) is 10.2. The molecule has 0 aromatic heterocycles. The number of nitrogens with zero attached hydrogens (tertiary/aromatic N) is 1. The van der Waals surface area contributed by atoms with Crippen molar-refractivity contribution < 1.29 is 14.5 Å². The van der Waals surface area contributed by atoms with Gasteiger partial charge < -0.3 is 10.1 Å². The third-order valence-corrected chi connectivity index (χ3v) is 3.58. The molecule has 0 spiro atoms. The largest absolute Gasteiger partial charge is 0.458 e. The van der Waals surface area contributed by atoms with Crippen LogP contribution in [0.2, 0.25) is 0 Å². The Morgan fingerprint density at radius 1 is 1.53 bits per heavy atom. The van der Waals surface area contributed by atoms with Crippen LogP contribution in [0.5, 0.6) is 0 Å². The molecule has 1 aromatic rings. The third kappa shape index (κ3) is 2.87. The predicted octanol–water partition coefficient (Wildman–Crippen LogP) is 2.26. The van der Waals surface area contributed by atoms with Gasteiger partial charge in [0.15, 0.2) is 0 Å². The number of thioether (sulfide) groups is 1. The van der Waals surface area contributed by atoms with E-state index in [9.17, 15) is 14.9 Å². The number of fused-ring (bicyclic) bond motifs is 1. The number of nitro groups is 1. The average molecular weight is 280 g/mol. The lowest BCUT2D eigenvalue weighted by molar-refractivity contribution is -0.422. The second-order valence-corrected chi connectivity index (χ2v) is 4.73. The van der Waals surface area contributed by atoms with Crippen LogP contribution in [0, 0.1) is 10.1 Å². The number of carbonyl (C=O) groups excluding carboxylic acids is 1. The third-order valence-electron chi connectivity index (χ3n) is 2.48. The summed E-state index contributed by atoms with van der Waals surface area (Å²) in [6.45, 7) is 1.71. The van der Waals surface area contributed by atoms with E-state index in [1.807, 2.05) is 24.3 Å². The molecule has 1 aromatic carbocycles. The summed E-state index contributed by atoms with van der Waals surface area (Å²) in [6.07, 6.45) is 0. The Balaban J connectivity index is 2.35. The highest BCUT2D eigenvalue weighted by atomic mass is 32.2. The maximum atomic E-state index is 11.6. The van der Waals surface area contributed by atoms with Gasteiger partial charge in [0.2, 0.25) is 0 Å². The first-order valence-electron chi connectivity index (χ1n) is 5.67. The molecule has 0 fully saturated rings. The number of hydrogen-bond acceptors (Lipinski definition) is 6. The number of para-hydroxylation sites is 1. The first kappa shape index (κ1) is 13.4. The van der Waals surface area contributed by atoms with E-state index in [0.29, 0.717) is 5.75 Å². The number of rotatable bonds is 3. The Hall–Kier alpha value is -2.02. The minimum absolute atomic E-state index is 0.104. The molecular formula is C12H12N2O4S. The predicted molar refractivity (Wildman–Crippen MR) is 71.4 cm³/mol. The molecule has 0 amide bonds. The molecule has 0 saturated heterocycles. The zero-order chi connectivity index (χ0) is 13.8. The molecule has 0 atom stereocenters. The smallest absolute Gasteiger partial charge is 0.411 e. The van der Waals surface area contributed by atoms with E-state index in [-0.39, 0.29) is 12.3 Å². The van der Waals surface area contributed by atoms with E-state index in [1.165, 1.54) is 11.8 Å². The Morgan fingerprint density at radius 3 is 2.95 bits per heavy atom. The van der Waals surface area contributed by atoms with Crippen molar-refractivity contribution in [1.29, 1.82) is 0 Å². The quantitative estimate of drug-likeness (QED) is 0.396. The van der Waals surface area contributed by atoms with Crippen molar-refractivity contribution in [3.8, 4) is 0 Å². The summed E-state index contributed by atoms with van der Waals surface area (Å²) < 4.78 is 4.72. The van der Waals surface area contributed by atoms with Crippen LogP contribution in [-0.4, -0.2) is 23.3 Å². The van der Waals surface area contributed by atoms with Gasteiger partial charge in [-0.25, -0.2) is 4.79 Å².